The highest BCUT2D eigenvalue weighted by Crippen LogP contribution is 2.44. The molecule has 0 saturated heterocycles. The molecule has 49 heavy (non-hydrogen) atoms. The van der Waals surface area contributed by atoms with Crippen LogP contribution in [0.3, 0.4) is 0 Å². The van der Waals surface area contributed by atoms with Gasteiger partial charge in [0.1, 0.15) is 0 Å². The highest BCUT2D eigenvalue weighted by atomic mass is 35.5. The molecule has 0 spiro atoms. The summed E-state index contributed by atoms with van der Waals surface area (Å²) in [6, 6.07) is 27.5. The molecule has 11 heteroatoms. The van der Waals surface area contributed by atoms with Crippen LogP contribution in [0.15, 0.2) is 100 Å². The van der Waals surface area contributed by atoms with Crippen molar-refractivity contribution in [3.8, 4) is 22.5 Å². The van der Waals surface area contributed by atoms with Gasteiger partial charge in [0.15, 0.2) is 14.1 Å². The maximum absolute atomic E-state index is 14.5. The van der Waals surface area contributed by atoms with Crippen molar-refractivity contribution in [1.82, 2.24) is 10.1 Å². The van der Waals surface area contributed by atoms with Gasteiger partial charge in [0, 0.05) is 39.6 Å². The number of aromatic amines is 1. The summed E-state index contributed by atoms with van der Waals surface area (Å²) < 4.78 is 11.7. The van der Waals surface area contributed by atoms with E-state index >= 15 is 0 Å². The highest BCUT2D eigenvalue weighted by Gasteiger charge is 2.41. The second kappa shape index (κ2) is 13.6. The number of amides is 2. The van der Waals surface area contributed by atoms with Crippen molar-refractivity contribution in [3.05, 3.63) is 123 Å². The molecule has 2 amide bonds. The second-order valence-corrected chi connectivity index (χ2v) is 18.9. The number of fused-ring (bicyclic) bond motifs is 1. The fraction of sp³-hybridized carbons (Fsp3) is 0.263. The highest BCUT2D eigenvalue weighted by molar-refractivity contribution is 6.74. The lowest BCUT2D eigenvalue weighted by Crippen LogP contribution is -2.41. The van der Waals surface area contributed by atoms with Gasteiger partial charge in [0.05, 0.1) is 11.7 Å². The van der Waals surface area contributed by atoms with Crippen molar-refractivity contribution in [3.63, 3.8) is 0 Å². The maximum Gasteiger partial charge on any atom is 0.439 e. The molecule has 2 heterocycles. The minimum Gasteiger partial charge on any atom is -0.410 e. The Kier molecular flexibility index (Phi) is 9.48. The van der Waals surface area contributed by atoms with Gasteiger partial charge in [0.25, 0.3) is 11.8 Å². The number of hydrogen-bond donors (Lipinski definition) is 2. The van der Waals surface area contributed by atoms with Gasteiger partial charge in [-0.1, -0.05) is 86.1 Å². The van der Waals surface area contributed by atoms with Crippen LogP contribution in [0.1, 0.15) is 66.0 Å². The third-order valence-electron chi connectivity index (χ3n) is 9.42. The number of anilines is 2. The normalized spacial score (nSPS) is 15.0. The summed E-state index contributed by atoms with van der Waals surface area (Å²) in [5.41, 5.74) is 4.74. The van der Waals surface area contributed by atoms with E-state index in [2.05, 4.69) is 49.3 Å². The van der Waals surface area contributed by atoms with Crippen LogP contribution in [0.25, 0.3) is 22.5 Å². The zero-order valence-electron chi connectivity index (χ0n) is 28.2. The van der Waals surface area contributed by atoms with Crippen LogP contribution in [-0.2, 0) is 4.43 Å². The van der Waals surface area contributed by atoms with Gasteiger partial charge >= 0.3 is 5.76 Å². The van der Waals surface area contributed by atoms with Gasteiger partial charge in [-0.25, -0.2) is 4.79 Å². The van der Waals surface area contributed by atoms with E-state index in [9.17, 15) is 14.4 Å². The fourth-order valence-corrected chi connectivity index (χ4v) is 7.34. The first kappa shape index (κ1) is 34.1. The van der Waals surface area contributed by atoms with Crippen LogP contribution in [0.4, 0.5) is 11.4 Å². The molecule has 4 aromatic carbocycles. The Morgan fingerprint density at radius 1 is 0.959 bits per heavy atom. The standard InChI is InChI=1S/C38H39ClN4O5Si/c1-38(2,3)49(4,5)48-33-16-11-21-43(32-20-17-25(39)22-31(32)33)36(45)29-19-18-26(23-30(29)34-41-37(46)47-42-34)40-35(44)28-15-10-9-14-27(28)24-12-7-6-8-13-24/h6-10,12-15,17-20,22-23,33H,11,16,21H2,1-5H3,(H,40,44)(H,41,42,46). The van der Waals surface area contributed by atoms with Crippen molar-refractivity contribution in [2.24, 2.45) is 0 Å². The van der Waals surface area contributed by atoms with Crippen LogP contribution < -0.4 is 16.0 Å². The first-order valence-corrected chi connectivity index (χ1v) is 19.6. The molecule has 252 valence electrons. The molecule has 1 atom stereocenters. The first-order valence-electron chi connectivity index (χ1n) is 16.3. The Balaban J connectivity index is 1.36. The molecule has 6 rings (SSSR count). The Bertz CT molecular complexity index is 2070. The van der Waals surface area contributed by atoms with Crippen molar-refractivity contribution >= 4 is 43.1 Å². The van der Waals surface area contributed by atoms with E-state index in [1.165, 1.54) is 0 Å². The molecular formula is C38H39ClN4O5Si. The number of nitrogens with one attached hydrogen (secondary N) is 2. The molecule has 5 aromatic rings. The molecule has 2 N–H and O–H groups in total. The zero-order chi connectivity index (χ0) is 34.9. The molecule has 1 aliphatic rings. The van der Waals surface area contributed by atoms with Gasteiger partial charge in [0.2, 0.25) is 0 Å². The number of halogens is 1. The molecule has 0 radical (unpaired) electrons. The van der Waals surface area contributed by atoms with E-state index in [1.54, 1.807) is 35.2 Å². The number of H-pyrrole nitrogens is 1. The summed E-state index contributed by atoms with van der Waals surface area (Å²) in [5, 5.41) is 7.42. The van der Waals surface area contributed by atoms with Crippen molar-refractivity contribution in [1.29, 1.82) is 0 Å². The van der Waals surface area contributed by atoms with E-state index in [1.807, 2.05) is 60.7 Å². The Morgan fingerprint density at radius 3 is 2.41 bits per heavy atom. The average molecular weight is 695 g/mol. The average Bonchev–Trinajstić information content (AvgIpc) is 3.44. The molecule has 0 aliphatic carbocycles. The molecule has 0 fully saturated rings. The minimum atomic E-state index is -2.17. The van der Waals surface area contributed by atoms with E-state index < -0.39 is 14.1 Å². The Morgan fingerprint density at radius 2 is 1.69 bits per heavy atom. The van der Waals surface area contributed by atoms with Gasteiger partial charge in [-0.3, -0.25) is 19.1 Å². The molecule has 1 aliphatic heterocycles. The largest absolute Gasteiger partial charge is 0.439 e. The van der Waals surface area contributed by atoms with Crippen LogP contribution in [0, 0.1) is 0 Å². The molecule has 0 bridgehead atoms. The summed E-state index contributed by atoms with van der Waals surface area (Å²) in [4.78, 5) is 44.5. The number of carbonyl (C=O) groups excluding carboxylic acids is 2. The number of hydrogen-bond acceptors (Lipinski definition) is 6. The Hall–Kier alpha value is -4.77. The van der Waals surface area contributed by atoms with Crippen LogP contribution in [-0.4, -0.2) is 36.8 Å². The topological polar surface area (TPSA) is 118 Å². The molecule has 1 unspecified atom stereocenters. The van der Waals surface area contributed by atoms with Crippen molar-refractivity contribution < 1.29 is 18.5 Å². The number of aromatic nitrogens is 2. The monoisotopic (exact) mass is 694 g/mol. The molecule has 9 nitrogen and oxygen atoms in total. The lowest BCUT2D eigenvalue weighted by atomic mass is 9.99. The fourth-order valence-electron chi connectivity index (χ4n) is 5.85. The quantitative estimate of drug-likeness (QED) is 0.164. The van der Waals surface area contributed by atoms with Crippen LogP contribution >= 0.6 is 11.6 Å². The van der Waals surface area contributed by atoms with E-state index in [4.69, 9.17) is 20.6 Å². The SMILES string of the molecule is CC(C)(C)[Si](C)(C)OC1CCCN(C(=O)c2ccc(NC(=O)c3ccccc3-c3ccccc3)cc2-c2noc(=O)[nH]2)c2ccc(Cl)cc21. The Labute approximate surface area is 291 Å². The number of benzene rings is 4. The molecular weight excluding hydrogens is 656 g/mol. The first-order chi connectivity index (χ1) is 23.3. The predicted molar refractivity (Wildman–Crippen MR) is 196 cm³/mol. The summed E-state index contributed by atoms with van der Waals surface area (Å²) in [6.45, 7) is 11.5. The lowest BCUT2D eigenvalue weighted by Gasteiger charge is -2.39. The smallest absolute Gasteiger partial charge is 0.410 e. The second-order valence-electron chi connectivity index (χ2n) is 13.7. The van der Waals surface area contributed by atoms with E-state index in [0.29, 0.717) is 40.5 Å². The predicted octanol–water partition coefficient (Wildman–Crippen LogP) is 9.11. The molecule has 1 aromatic heterocycles. The van der Waals surface area contributed by atoms with Gasteiger partial charge in [-0.15, -0.1) is 0 Å². The summed E-state index contributed by atoms with van der Waals surface area (Å²) in [5.74, 6) is -1.33. The third-order valence-corrected chi connectivity index (χ3v) is 14.1. The van der Waals surface area contributed by atoms with E-state index in [-0.39, 0.29) is 34.3 Å². The van der Waals surface area contributed by atoms with Gasteiger partial charge in [-0.05, 0) is 84.6 Å². The molecule has 0 saturated carbocycles. The van der Waals surface area contributed by atoms with Gasteiger partial charge < -0.3 is 14.6 Å². The summed E-state index contributed by atoms with van der Waals surface area (Å²) in [7, 11) is -2.17. The summed E-state index contributed by atoms with van der Waals surface area (Å²) in [6.07, 6.45) is 1.19. The zero-order valence-corrected chi connectivity index (χ0v) is 29.9. The van der Waals surface area contributed by atoms with Crippen molar-refractivity contribution in [2.45, 2.75) is 57.8 Å². The third kappa shape index (κ3) is 7.17. The number of rotatable bonds is 7. The number of carbonyl (C=O) groups is 2. The maximum atomic E-state index is 14.5. The van der Waals surface area contributed by atoms with E-state index in [0.717, 1.165) is 23.1 Å². The van der Waals surface area contributed by atoms with Crippen LogP contribution in [0.2, 0.25) is 23.2 Å². The number of nitrogens with zero attached hydrogens (tertiary/aromatic N) is 2. The minimum absolute atomic E-state index is 0.00223. The summed E-state index contributed by atoms with van der Waals surface area (Å²) >= 11 is 6.52. The lowest BCUT2D eigenvalue weighted by molar-refractivity contribution is 0.0986. The van der Waals surface area contributed by atoms with Crippen molar-refractivity contribution in [2.75, 3.05) is 16.8 Å². The van der Waals surface area contributed by atoms with Crippen LogP contribution in [0.5, 0.6) is 0 Å². The van der Waals surface area contributed by atoms with Gasteiger partial charge in [-0.2, -0.15) is 0 Å².